The Morgan fingerprint density at radius 2 is 1.05 bits per heavy atom. The molecular weight excluding hydrogens is 320 g/mol. The Balaban J connectivity index is 3.60. The summed E-state index contributed by atoms with van der Waals surface area (Å²) >= 11 is 0. The largest absolute Gasteiger partial charge is 0.376 e. The van der Waals surface area contributed by atoms with Crippen LogP contribution in [0.15, 0.2) is 0 Å². The summed E-state index contributed by atoms with van der Waals surface area (Å²) in [5.41, 5.74) is 0.00711. The zero-order chi connectivity index (χ0) is 15.8. The third-order valence-corrected chi connectivity index (χ3v) is 10.7. The summed E-state index contributed by atoms with van der Waals surface area (Å²) < 4.78 is 11.6. The minimum Gasteiger partial charge on any atom is -0.376 e. The van der Waals surface area contributed by atoms with Crippen molar-refractivity contribution in [2.45, 2.75) is 75.3 Å². The number of hydrogen-bond acceptors (Lipinski definition) is 4. The van der Waals surface area contributed by atoms with Crippen molar-refractivity contribution < 1.29 is 9.47 Å². The predicted octanol–water partition coefficient (Wildman–Crippen LogP) is 2.16. The lowest BCUT2D eigenvalue weighted by Gasteiger charge is -2.22. The molecule has 0 saturated carbocycles. The zero-order valence-electron chi connectivity index (χ0n) is 14.6. The average molecular weight is 355 g/mol. The van der Waals surface area contributed by atoms with E-state index in [9.17, 15) is 0 Å². The molecule has 2 unspecified atom stereocenters. The van der Waals surface area contributed by atoms with Gasteiger partial charge in [-0.15, -0.1) is 0 Å². The maximum atomic E-state index is 5.80. The molecular formula is C14H34O2S2Si2. The molecule has 2 atom stereocenters. The molecule has 20 heavy (non-hydrogen) atoms. The Bertz CT molecular complexity index is 227. The normalized spacial score (nSPS) is 16.5. The van der Waals surface area contributed by atoms with Crippen LogP contribution in [-0.4, -0.2) is 54.6 Å². The molecule has 6 heteroatoms. The predicted molar refractivity (Wildman–Crippen MR) is 103 cm³/mol. The molecule has 0 aliphatic carbocycles. The van der Waals surface area contributed by atoms with Crippen LogP contribution < -0.4 is 0 Å². The molecule has 0 aromatic rings. The quantitative estimate of drug-likeness (QED) is 0.466. The van der Waals surface area contributed by atoms with Crippen LogP contribution in [0.25, 0.3) is 0 Å². The Morgan fingerprint density at radius 3 is 1.30 bits per heavy atom. The van der Waals surface area contributed by atoms with Crippen LogP contribution in [0.4, 0.5) is 0 Å². The maximum Gasteiger partial charge on any atom is 0.0598 e. The van der Waals surface area contributed by atoms with Crippen molar-refractivity contribution in [1.29, 1.82) is 0 Å². The van der Waals surface area contributed by atoms with Gasteiger partial charge in [-0.2, -0.15) is 0 Å². The maximum absolute atomic E-state index is 5.80. The SMILES string of the molecule is CC(C)(C)OCCC([SiH3])SSC([SiH3])CCOC(C)(C)C. The summed E-state index contributed by atoms with van der Waals surface area (Å²) in [4.78, 5) is 1.59. The van der Waals surface area contributed by atoms with E-state index in [1.165, 1.54) is 33.3 Å². The van der Waals surface area contributed by atoms with E-state index in [0.29, 0.717) is 0 Å². The fourth-order valence-corrected chi connectivity index (χ4v) is 6.30. The van der Waals surface area contributed by atoms with E-state index in [4.69, 9.17) is 9.47 Å². The van der Waals surface area contributed by atoms with Crippen molar-refractivity contribution >= 4 is 42.1 Å². The lowest BCUT2D eigenvalue weighted by Crippen LogP contribution is -2.22. The Kier molecular flexibility index (Phi) is 10.5. The Morgan fingerprint density at radius 1 is 0.750 bits per heavy atom. The minimum absolute atomic E-state index is 0.00356. The molecule has 0 saturated heterocycles. The lowest BCUT2D eigenvalue weighted by molar-refractivity contribution is -0.00309. The Hall–Kier alpha value is 1.05. The van der Waals surface area contributed by atoms with E-state index in [0.717, 1.165) is 23.0 Å². The molecule has 0 radical (unpaired) electrons. The molecule has 0 heterocycles. The van der Waals surface area contributed by atoms with Crippen molar-refractivity contribution in [2.75, 3.05) is 13.2 Å². The van der Waals surface area contributed by atoms with Gasteiger partial charge in [-0.05, 0) is 54.4 Å². The Labute approximate surface area is 140 Å². The molecule has 122 valence electrons. The van der Waals surface area contributed by atoms with Gasteiger partial charge in [0.1, 0.15) is 0 Å². The first-order valence-corrected chi connectivity index (χ1v) is 12.2. The molecule has 0 rings (SSSR count). The first-order valence-electron chi connectivity index (χ1n) is 7.59. The van der Waals surface area contributed by atoms with Crippen LogP contribution in [0.1, 0.15) is 54.4 Å². The van der Waals surface area contributed by atoms with E-state index in [2.05, 4.69) is 63.1 Å². The summed E-state index contributed by atoms with van der Waals surface area (Å²) in [6.45, 7) is 14.5. The fourth-order valence-electron chi connectivity index (χ4n) is 1.35. The van der Waals surface area contributed by atoms with E-state index < -0.39 is 0 Å². The highest BCUT2D eigenvalue weighted by Gasteiger charge is 2.14. The highest BCUT2D eigenvalue weighted by Crippen LogP contribution is 2.31. The first-order chi connectivity index (χ1) is 8.99. The van der Waals surface area contributed by atoms with Crippen molar-refractivity contribution in [3.63, 3.8) is 0 Å². The molecule has 0 bridgehead atoms. The van der Waals surface area contributed by atoms with Gasteiger partial charge >= 0.3 is 0 Å². The molecule has 2 nitrogen and oxygen atoms in total. The van der Waals surface area contributed by atoms with Gasteiger partial charge < -0.3 is 9.47 Å². The third-order valence-electron chi connectivity index (χ3n) is 2.50. The molecule has 0 N–H and O–H groups in total. The summed E-state index contributed by atoms with van der Waals surface area (Å²) in [7, 11) is 6.62. The van der Waals surface area contributed by atoms with E-state index in [1.807, 2.05) is 0 Å². The molecule has 0 fully saturated rings. The average Bonchev–Trinajstić information content (AvgIpc) is 2.22. The zero-order valence-corrected chi connectivity index (χ0v) is 20.2. The van der Waals surface area contributed by atoms with Crippen molar-refractivity contribution in [1.82, 2.24) is 0 Å². The minimum atomic E-state index is 0.00356. The highest BCUT2D eigenvalue weighted by molar-refractivity contribution is 8.77. The number of rotatable bonds is 9. The second kappa shape index (κ2) is 9.95. The monoisotopic (exact) mass is 354 g/mol. The van der Waals surface area contributed by atoms with Gasteiger partial charge in [0.15, 0.2) is 0 Å². The van der Waals surface area contributed by atoms with Gasteiger partial charge in [0.2, 0.25) is 0 Å². The summed E-state index contributed by atoms with van der Waals surface area (Å²) in [6.07, 6.45) is 2.38. The van der Waals surface area contributed by atoms with Crippen LogP contribution in [0.2, 0.25) is 0 Å². The van der Waals surface area contributed by atoms with Crippen LogP contribution in [0.5, 0.6) is 0 Å². The topological polar surface area (TPSA) is 18.5 Å². The van der Waals surface area contributed by atoms with Gasteiger partial charge in [-0.25, -0.2) is 0 Å². The van der Waals surface area contributed by atoms with Gasteiger partial charge in [-0.1, -0.05) is 21.6 Å². The third kappa shape index (κ3) is 15.4. The first kappa shape index (κ1) is 21.1. The van der Waals surface area contributed by atoms with Gasteiger partial charge in [0.25, 0.3) is 0 Å². The summed E-state index contributed by atoms with van der Waals surface area (Å²) in [5, 5.41) is 0. The van der Waals surface area contributed by atoms with Crippen molar-refractivity contribution in [3.8, 4) is 0 Å². The van der Waals surface area contributed by atoms with Crippen molar-refractivity contribution in [3.05, 3.63) is 0 Å². The second-order valence-corrected chi connectivity index (χ2v) is 14.9. The smallest absolute Gasteiger partial charge is 0.0598 e. The number of ether oxygens (including phenoxy) is 2. The van der Waals surface area contributed by atoms with Crippen molar-refractivity contribution in [2.24, 2.45) is 0 Å². The second-order valence-electron chi connectivity index (χ2n) is 7.31. The molecule has 0 aromatic carbocycles. The van der Waals surface area contributed by atoms with Crippen LogP contribution in [0, 0.1) is 0 Å². The molecule has 0 amide bonds. The van der Waals surface area contributed by atoms with Gasteiger partial charge in [0.05, 0.1) is 11.2 Å². The van der Waals surface area contributed by atoms with Crippen LogP contribution in [0.3, 0.4) is 0 Å². The van der Waals surface area contributed by atoms with Gasteiger partial charge in [-0.3, -0.25) is 0 Å². The fraction of sp³-hybridized carbons (Fsp3) is 1.00. The molecule has 0 aromatic heterocycles. The van der Waals surface area contributed by atoms with E-state index in [-0.39, 0.29) is 11.2 Å². The van der Waals surface area contributed by atoms with E-state index >= 15 is 0 Å². The standard InChI is InChI=1S/C14H34O2S2Si2/c1-13(2,3)15-9-7-11(19)17-18-12(20)8-10-16-14(4,5)6/h11-12H,7-10H2,1-6,19-20H3. The lowest BCUT2D eigenvalue weighted by atomic mass is 10.2. The van der Waals surface area contributed by atoms with Crippen LogP contribution in [-0.2, 0) is 9.47 Å². The molecule has 0 aliphatic heterocycles. The van der Waals surface area contributed by atoms with Gasteiger partial charge in [0, 0.05) is 43.4 Å². The van der Waals surface area contributed by atoms with Crippen LogP contribution >= 0.6 is 21.6 Å². The highest BCUT2D eigenvalue weighted by atomic mass is 33.1. The summed E-state index contributed by atoms with van der Waals surface area (Å²) in [6, 6.07) is 0. The molecule has 0 spiro atoms. The summed E-state index contributed by atoms with van der Waals surface area (Å²) in [5.74, 6) is 0. The molecule has 0 aliphatic rings. The number of hydrogen-bond donors (Lipinski definition) is 0. The van der Waals surface area contributed by atoms with E-state index in [1.54, 1.807) is 0 Å².